The number of carboxylic acids is 1. The smallest absolute Gasteiger partial charge is 0.330 e. The number of carboxylic acid groups (broad SMARTS) is 1. The molecule has 4 heteroatoms. The molecule has 2 aromatic carbocycles. The van der Waals surface area contributed by atoms with Gasteiger partial charge in [0, 0.05) is 5.56 Å². The average Bonchev–Trinajstić information content (AvgIpc) is 2.45. The zero-order valence-corrected chi connectivity index (χ0v) is 12.0. The van der Waals surface area contributed by atoms with Gasteiger partial charge >= 0.3 is 5.97 Å². The zero-order valence-electron chi connectivity index (χ0n) is 12.0. The van der Waals surface area contributed by atoms with Gasteiger partial charge in [0.2, 0.25) is 0 Å². The van der Waals surface area contributed by atoms with Gasteiger partial charge in [0.05, 0.1) is 0 Å². The molecular formula is C17H17NO3. The molecule has 1 atom stereocenters. The molecule has 0 bridgehead atoms. The lowest BCUT2D eigenvalue weighted by atomic mass is 10.0. The van der Waals surface area contributed by atoms with Gasteiger partial charge in [-0.3, -0.25) is 4.79 Å². The van der Waals surface area contributed by atoms with Crippen LogP contribution < -0.4 is 5.32 Å². The molecular weight excluding hydrogens is 266 g/mol. The molecule has 4 nitrogen and oxygen atoms in total. The number of amides is 1. The summed E-state index contributed by atoms with van der Waals surface area (Å²) in [6.07, 6.45) is 0. The summed E-state index contributed by atoms with van der Waals surface area (Å²) in [5.74, 6) is -1.47. The van der Waals surface area contributed by atoms with Gasteiger partial charge in [-0.1, -0.05) is 48.0 Å². The molecule has 1 unspecified atom stereocenters. The molecule has 0 saturated heterocycles. The summed E-state index contributed by atoms with van der Waals surface area (Å²) >= 11 is 0. The van der Waals surface area contributed by atoms with Crippen molar-refractivity contribution in [3.63, 3.8) is 0 Å². The second-order valence-corrected chi connectivity index (χ2v) is 4.97. The van der Waals surface area contributed by atoms with Crippen molar-refractivity contribution in [3.8, 4) is 0 Å². The van der Waals surface area contributed by atoms with Gasteiger partial charge in [-0.05, 0) is 31.0 Å². The Hall–Kier alpha value is -2.62. The molecule has 0 radical (unpaired) electrons. The summed E-state index contributed by atoms with van der Waals surface area (Å²) in [6.45, 7) is 3.78. The summed E-state index contributed by atoms with van der Waals surface area (Å²) in [5, 5.41) is 11.9. The second-order valence-electron chi connectivity index (χ2n) is 4.97. The van der Waals surface area contributed by atoms with Crippen LogP contribution in [0.25, 0.3) is 0 Å². The summed E-state index contributed by atoms with van der Waals surface area (Å²) in [7, 11) is 0. The van der Waals surface area contributed by atoms with Crippen LogP contribution >= 0.6 is 0 Å². The average molecular weight is 283 g/mol. The van der Waals surface area contributed by atoms with Crippen molar-refractivity contribution >= 4 is 11.9 Å². The van der Waals surface area contributed by atoms with Crippen molar-refractivity contribution in [2.75, 3.05) is 0 Å². The van der Waals surface area contributed by atoms with E-state index in [-0.39, 0.29) is 5.91 Å². The lowest BCUT2D eigenvalue weighted by molar-refractivity contribution is -0.139. The van der Waals surface area contributed by atoms with Gasteiger partial charge in [-0.25, -0.2) is 4.79 Å². The Morgan fingerprint density at radius 2 is 1.71 bits per heavy atom. The monoisotopic (exact) mass is 283 g/mol. The standard InChI is InChI=1S/C17H17NO3/c1-11-8-9-14(12(2)10-11)16(19)18-15(17(20)21)13-6-4-3-5-7-13/h3-10,15H,1-2H3,(H,18,19)(H,20,21). The molecule has 0 saturated carbocycles. The highest BCUT2D eigenvalue weighted by molar-refractivity contribution is 5.98. The Bertz CT molecular complexity index is 665. The molecule has 0 aliphatic rings. The van der Waals surface area contributed by atoms with E-state index in [0.717, 1.165) is 11.1 Å². The van der Waals surface area contributed by atoms with Crippen LogP contribution in [-0.4, -0.2) is 17.0 Å². The van der Waals surface area contributed by atoms with Crippen LogP contribution in [0.4, 0.5) is 0 Å². The van der Waals surface area contributed by atoms with Crippen molar-refractivity contribution in [2.24, 2.45) is 0 Å². The molecule has 0 heterocycles. The van der Waals surface area contributed by atoms with Crippen molar-refractivity contribution in [1.82, 2.24) is 5.32 Å². The first-order valence-corrected chi connectivity index (χ1v) is 6.65. The van der Waals surface area contributed by atoms with E-state index < -0.39 is 12.0 Å². The van der Waals surface area contributed by atoms with Gasteiger partial charge in [0.25, 0.3) is 5.91 Å². The van der Waals surface area contributed by atoms with Crippen molar-refractivity contribution in [2.45, 2.75) is 19.9 Å². The third-order valence-electron chi connectivity index (χ3n) is 3.28. The van der Waals surface area contributed by atoms with Crippen LogP contribution in [-0.2, 0) is 4.79 Å². The van der Waals surface area contributed by atoms with E-state index in [1.165, 1.54) is 0 Å². The van der Waals surface area contributed by atoms with Crippen LogP contribution in [0.3, 0.4) is 0 Å². The van der Waals surface area contributed by atoms with E-state index in [1.54, 1.807) is 36.4 Å². The SMILES string of the molecule is Cc1ccc(C(=O)NC(C(=O)O)c2ccccc2)c(C)c1. The summed E-state index contributed by atoms with van der Waals surface area (Å²) < 4.78 is 0. The first-order valence-electron chi connectivity index (χ1n) is 6.65. The maximum atomic E-state index is 12.3. The van der Waals surface area contributed by atoms with E-state index in [4.69, 9.17) is 0 Å². The Labute approximate surface area is 123 Å². The minimum absolute atomic E-state index is 0.385. The molecule has 0 aliphatic carbocycles. The number of nitrogens with one attached hydrogen (secondary N) is 1. The van der Waals surface area contributed by atoms with E-state index >= 15 is 0 Å². The lowest BCUT2D eigenvalue weighted by Gasteiger charge is -2.16. The van der Waals surface area contributed by atoms with Gasteiger partial charge in [-0.15, -0.1) is 0 Å². The van der Waals surface area contributed by atoms with E-state index in [2.05, 4.69) is 5.32 Å². The van der Waals surface area contributed by atoms with Crippen molar-refractivity contribution < 1.29 is 14.7 Å². The predicted molar refractivity (Wildman–Crippen MR) is 80.2 cm³/mol. The Morgan fingerprint density at radius 1 is 1.05 bits per heavy atom. The molecule has 1 amide bonds. The number of benzene rings is 2. The van der Waals surface area contributed by atoms with Crippen LogP contribution in [0, 0.1) is 13.8 Å². The quantitative estimate of drug-likeness (QED) is 0.906. The van der Waals surface area contributed by atoms with E-state index in [9.17, 15) is 14.7 Å². The highest BCUT2D eigenvalue weighted by Gasteiger charge is 2.23. The van der Waals surface area contributed by atoms with Crippen LogP contribution in [0.5, 0.6) is 0 Å². The van der Waals surface area contributed by atoms with Crippen molar-refractivity contribution in [3.05, 3.63) is 70.8 Å². The van der Waals surface area contributed by atoms with Crippen LogP contribution in [0.15, 0.2) is 48.5 Å². The Balaban J connectivity index is 2.25. The fourth-order valence-corrected chi connectivity index (χ4v) is 2.21. The zero-order chi connectivity index (χ0) is 15.4. The minimum atomic E-state index is -1.08. The van der Waals surface area contributed by atoms with E-state index in [1.807, 2.05) is 26.0 Å². The third kappa shape index (κ3) is 3.48. The van der Waals surface area contributed by atoms with Crippen LogP contribution in [0.2, 0.25) is 0 Å². The summed E-state index contributed by atoms with van der Waals surface area (Å²) in [5.41, 5.74) is 2.91. The van der Waals surface area contributed by atoms with Crippen LogP contribution in [0.1, 0.15) is 33.1 Å². The first-order chi connectivity index (χ1) is 9.99. The minimum Gasteiger partial charge on any atom is -0.479 e. The lowest BCUT2D eigenvalue weighted by Crippen LogP contribution is -2.34. The molecule has 0 aromatic heterocycles. The number of carbonyl (C=O) groups excluding carboxylic acids is 1. The molecule has 0 aliphatic heterocycles. The molecule has 21 heavy (non-hydrogen) atoms. The fourth-order valence-electron chi connectivity index (χ4n) is 2.21. The fraction of sp³-hybridized carbons (Fsp3) is 0.176. The second kappa shape index (κ2) is 6.22. The molecule has 2 N–H and O–H groups in total. The van der Waals surface area contributed by atoms with E-state index in [0.29, 0.717) is 11.1 Å². The van der Waals surface area contributed by atoms with Gasteiger partial charge in [-0.2, -0.15) is 0 Å². The number of rotatable bonds is 4. The highest BCUT2D eigenvalue weighted by atomic mass is 16.4. The van der Waals surface area contributed by atoms with Gasteiger partial charge in [0.15, 0.2) is 6.04 Å². The number of carbonyl (C=O) groups is 2. The van der Waals surface area contributed by atoms with Crippen molar-refractivity contribution in [1.29, 1.82) is 0 Å². The summed E-state index contributed by atoms with van der Waals surface area (Å²) in [6, 6.07) is 13.0. The third-order valence-corrected chi connectivity index (χ3v) is 3.28. The molecule has 2 aromatic rings. The topological polar surface area (TPSA) is 66.4 Å². The van der Waals surface area contributed by atoms with Gasteiger partial charge < -0.3 is 10.4 Å². The largest absolute Gasteiger partial charge is 0.479 e. The maximum Gasteiger partial charge on any atom is 0.330 e. The first kappa shape index (κ1) is 14.8. The molecule has 0 fully saturated rings. The van der Waals surface area contributed by atoms with Gasteiger partial charge in [0.1, 0.15) is 0 Å². The number of hydrogen-bond acceptors (Lipinski definition) is 2. The molecule has 108 valence electrons. The normalized spacial score (nSPS) is 11.7. The Kier molecular flexibility index (Phi) is 4.38. The Morgan fingerprint density at radius 3 is 2.29 bits per heavy atom. The summed E-state index contributed by atoms with van der Waals surface area (Å²) in [4.78, 5) is 23.7. The molecule has 2 rings (SSSR count). The predicted octanol–water partition coefficient (Wildman–Crippen LogP) is 2.86. The highest BCUT2D eigenvalue weighted by Crippen LogP contribution is 2.16. The number of aliphatic carboxylic acids is 1. The number of aryl methyl sites for hydroxylation is 2. The molecule has 0 spiro atoms. The maximum absolute atomic E-state index is 12.3. The number of hydrogen-bond donors (Lipinski definition) is 2.